The Balaban J connectivity index is 2.84. The molecule has 0 spiro atoms. The van der Waals surface area contributed by atoms with Crippen molar-refractivity contribution in [2.45, 2.75) is 45.7 Å². The average molecular weight is 496 g/mol. The van der Waals surface area contributed by atoms with Crippen molar-refractivity contribution < 1.29 is 29.1 Å². The highest BCUT2D eigenvalue weighted by atomic mass is 32.2. The summed E-state index contributed by atoms with van der Waals surface area (Å²) in [6, 6.07) is 4.63. The van der Waals surface area contributed by atoms with Gasteiger partial charge >= 0.3 is 12.0 Å². The lowest BCUT2D eigenvalue weighted by Crippen LogP contribution is -2.54. The number of benzene rings is 1. The van der Waals surface area contributed by atoms with Crippen molar-refractivity contribution >= 4 is 47.2 Å². The molecule has 0 heterocycles. The summed E-state index contributed by atoms with van der Waals surface area (Å²) in [5.74, 6) is -3.13. The lowest BCUT2D eigenvalue weighted by Gasteiger charge is -2.25. The maximum atomic E-state index is 13.0. The second-order valence-electron chi connectivity index (χ2n) is 8.03. The quantitative estimate of drug-likeness (QED) is 0.207. The molecule has 0 fully saturated rings. The van der Waals surface area contributed by atoms with E-state index in [-0.39, 0.29) is 30.4 Å². The van der Waals surface area contributed by atoms with Gasteiger partial charge in [-0.25, -0.2) is 4.79 Å². The van der Waals surface area contributed by atoms with E-state index in [2.05, 4.69) is 21.3 Å². The summed E-state index contributed by atoms with van der Waals surface area (Å²) in [6.45, 7) is 5.63. The number of rotatable bonds is 14. The van der Waals surface area contributed by atoms with Crippen LogP contribution in [0.25, 0.3) is 0 Å². The maximum Gasteiger partial charge on any atom is 0.313 e. The van der Waals surface area contributed by atoms with Crippen LogP contribution in [0.5, 0.6) is 0 Å². The zero-order valence-electron chi connectivity index (χ0n) is 19.6. The second-order valence-corrected chi connectivity index (χ2v) is 9.01. The number of primary amides is 1. The molecule has 5 amide bonds. The number of nitrogens with one attached hydrogen (secondary N) is 4. The average Bonchev–Trinajstić information content (AvgIpc) is 2.74. The third-order valence-electron chi connectivity index (χ3n) is 4.65. The number of amides is 5. The first-order valence-corrected chi connectivity index (χ1v) is 11.9. The van der Waals surface area contributed by atoms with Gasteiger partial charge in [-0.05, 0) is 37.8 Å². The van der Waals surface area contributed by atoms with E-state index in [1.165, 1.54) is 0 Å². The molecule has 1 aromatic rings. The molecule has 11 nitrogen and oxygen atoms in total. The van der Waals surface area contributed by atoms with E-state index in [0.29, 0.717) is 12.1 Å². The molecule has 0 unspecified atom stereocenters. The van der Waals surface area contributed by atoms with E-state index in [0.717, 1.165) is 17.3 Å². The van der Waals surface area contributed by atoms with Crippen molar-refractivity contribution in [1.82, 2.24) is 16.0 Å². The number of anilines is 1. The number of carboxylic acid groups (broad SMARTS) is 1. The van der Waals surface area contributed by atoms with Crippen LogP contribution >= 0.6 is 11.8 Å². The molecule has 0 bridgehead atoms. The number of aliphatic carboxylic acids is 1. The second kappa shape index (κ2) is 14.8. The third kappa shape index (κ3) is 11.5. The van der Waals surface area contributed by atoms with Crippen LogP contribution in [0.1, 0.15) is 32.3 Å². The fourth-order valence-corrected chi connectivity index (χ4v) is 3.44. The molecule has 2 atom stereocenters. The number of urea groups is 1. The smallest absolute Gasteiger partial charge is 0.313 e. The minimum absolute atomic E-state index is 0.112. The number of hydrogen-bond donors (Lipinski definition) is 6. The van der Waals surface area contributed by atoms with Gasteiger partial charge in [0, 0.05) is 12.2 Å². The predicted molar refractivity (Wildman–Crippen MR) is 130 cm³/mol. The topological polar surface area (TPSA) is 180 Å². The fraction of sp³-hybridized carbons (Fsp3) is 0.500. The summed E-state index contributed by atoms with van der Waals surface area (Å²) in [7, 11) is 0. The van der Waals surface area contributed by atoms with Gasteiger partial charge in [0.15, 0.2) is 0 Å². The standard InChI is InChI=1S/C22H33N5O6S/c1-13(2)19(27-17(28)11-34-12-18(29)30)21(32)26-16(5-4-10-24-22(23)33)20(31)25-15-8-6-14(3)7-9-15/h6-9,13,16,19H,4-5,10-12H2,1-3H3,(H,25,31)(H,26,32)(H,27,28)(H,29,30)(H3,23,24,33)/t16-,19-/m0/s1. The monoisotopic (exact) mass is 495 g/mol. The number of nitrogens with two attached hydrogens (primary N) is 1. The molecular weight excluding hydrogens is 462 g/mol. The zero-order valence-corrected chi connectivity index (χ0v) is 20.4. The summed E-state index contributed by atoms with van der Waals surface area (Å²) in [5.41, 5.74) is 6.65. The molecule has 1 rings (SSSR count). The van der Waals surface area contributed by atoms with E-state index in [1.807, 2.05) is 19.1 Å². The Kier molecular flexibility index (Phi) is 12.5. The van der Waals surface area contributed by atoms with Gasteiger partial charge < -0.3 is 32.1 Å². The molecule has 0 aromatic heterocycles. The number of carboxylic acids is 1. The summed E-state index contributed by atoms with van der Waals surface area (Å²) >= 11 is 0.920. The van der Waals surface area contributed by atoms with Gasteiger partial charge in [-0.3, -0.25) is 19.2 Å². The van der Waals surface area contributed by atoms with Gasteiger partial charge in [0.25, 0.3) is 0 Å². The number of carbonyl (C=O) groups excluding carboxylic acids is 4. The molecule has 1 aromatic carbocycles. The van der Waals surface area contributed by atoms with Crippen LogP contribution < -0.4 is 27.0 Å². The molecular formula is C22H33N5O6S. The first-order chi connectivity index (χ1) is 16.0. The van der Waals surface area contributed by atoms with E-state index in [9.17, 15) is 24.0 Å². The van der Waals surface area contributed by atoms with Crippen molar-refractivity contribution in [1.29, 1.82) is 0 Å². The number of aryl methyl sites for hydroxylation is 1. The molecule has 0 aliphatic heterocycles. The molecule has 188 valence electrons. The molecule has 0 radical (unpaired) electrons. The van der Waals surface area contributed by atoms with E-state index in [4.69, 9.17) is 10.8 Å². The van der Waals surface area contributed by atoms with Crippen LogP contribution in [0.3, 0.4) is 0 Å². The van der Waals surface area contributed by atoms with Gasteiger partial charge in [0.2, 0.25) is 17.7 Å². The van der Waals surface area contributed by atoms with Crippen molar-refractivity contribution in [3.8, 4) is 0 Å². The summed E-state index contributed by atoms with van der Waals surface area (Å²) < 4.78 is 0. The molecule has 7 N–H and O–H groups in total. The lowest BCUT2D eigenvalue weighted by molar-refractivity contribution is -0.134. The summed E-state index contributed by atoms with van der Waals surface area (Å²) in [4.78, 5) is 59.5. The maximum absolute atomic E-state index is 13.0. The Morgan fingerprint density at radius 3 is 2.21 bits per heavy atom. The highest BCUT2D eigenvalue weighted by Gasteiger charge is 2.28. The number of thioether (sulfide) groups is 1. The first-order valence-electron chi connectivity index (χ1n) is 10.8. The van der Waals surface area contributed by atoms with E-state index >= 15 is 0 Å². The Morgan fingerprint density at radius 2 is 1.65 bits per heavy atom. The van der Waals surface area contributed by atoms with Crippen LogP contribution in [0.15, 0.2) is 24.3 Å². The zero-order chi connectivity index (χ0) is 25.7. The third-order valence-corrected chi connectivity index (χ3v) is 5.56. The number of hydrogen-bond acceptors (Lipinski definition) is 6. The first kappa shape index (κ1) is 28.8. The highest BCUT2D eigenvalue weighted by Crippen LogP contribution is 2.11. The van der Waals surface area contributed by atoms with Gasteiger partial charge in [-0.2, -0.15) is 0 Å². The van der Waals surface area contributed by atoms with Gasteiger partial charge in [-0.15, -0.1) is 11.8 Å². The molecule has 0 saturated carbocycles. The summed E-state index contributed by atoms with van der Waals surface area (Å²) in [6.07, 6.45) is 0.594. The van der Waals surface area contributed by atoms with Crippen LogP contribution in [0, 0.1) is 12.8 Å². The number of carbonyl (C=O) groups is 5. The highest BCUT2D eigenvalue weighted by molar-refractivity contribution is 8.00. The van der Waals surface area contributed by atoms with Crippen LogP contribution in [0.2, 0.25) is 0 Å². The molecule has 0 aliphatic rings. The largest absolute Gasteiger partial charge is 0.481 e. The molecule has 0 aliphatic carbocycles. The van der Waals surface area contributed by atoms with Gasteiger partial charge in [0.05, 0.1) is 11.5 Å². The Morgan fingerprint density at radius 1 is 1.00 bits per heavy atom. The molecule has 12 heteroatoms. The normalized spacial score (nSPS) is 12.4. The SMILES string of the molecule is Cc1ccc(NC(=O)[C@H](CCCNC(N)=O)NC(=O)[C@@H](NC(=O)CSCC(=O)O)C(C)C)cc1. The molecule has 34 heavy (non-hydrogen) atoms. The van der Waals surface area contributed by atoms with E-state index < -0.39 is 41.8 Å². The van der Waals surface area contributed by atoms with Crippen LogP contribution in [-0.4, -0.2) is 65.0 Å². The Hall–Kier alpha value is -3.28. The van der Waals surface area contributed by atoms with Crippen LogP contribution in [0.4, 0.5) is 10.5 Å². The van der Waals surface area contributed by atoms with Gasteiger partial charge in [0.1, 0.15) is 12.1 Å². The van der Waals surface area contributed by atoms with Gasteiger partial charge in [-0.1, -0.05) is 31.5 Å². The van der Waals surface area contributed by atoms with E-state index in [1.54, 1.807) is 26.0 Å². The lowest BCUT2D eigenvalue weighted by atomic mass is 10.0. The Bertz CT molecular complexity index is 862. The Labute approximate surface area is 203 Å². The van der Waals surface area contributed by atoms with Crippen molar-refractivity contribution in [3.05, 3.63) is 29.8 Å². The fourth-order valence-electron chi connectivity index (χ4n) is 2.90. The minimum Gasteiger partial charge on any atom is -0.481 e. The van der Waals surface area contributed by atoms with Crippen molar-refractivity contribution in [2.75, 3.05) is 23.4 Å². The molecule has 0 saturated heterocycles. The van der Waals surface area contributed by atoms with Crippen LogP contribution in [-0.2, 0) is 19.2 Å². The van der Waals surface area contributed by atoms with Crippen molar-refractivity contribution in [2.24, 2.45) is 11.7 Å². The minimum atomic E-state index is -1.04. The summed E-state index contributed by atoms with van der Waals surface area (Å²) in [5, 5.41) is 19.2. The predicted octanol–water partition coefficient (Wildman–Crippen LogP) is 0.825. The van der Waals surface area contributed by atoms with Crippen molar-refractivity contribution in [3.63, 3.8) is 0 Å².